The minimum atomic E-state index is -1.41. The smallest absolute Gasteiger partial charge is 0.256 e. The summed E-state index contributed by atoms with van der Waals surface area (Å²) in [5.74, 6) is -0.699. The van der Waals surface area contributed by atoms with Gasteiger partial charge in [-0.25, -0.2) is 4.39 Å². The van der Waals surface area contributed by atoms with Gasteiger partial charge in [0.2, 0.25) is 0 Å². The second-order valence-electron chi connectivity index (χ2n) is 9.87. The Morgan fingerprint density at radius 3 is 2.71 bits per heavy atom. The van der Waals surface area contributed by atoms with Crippen LogP contribution in [-0.2, 0) is 16.9 Å². The lowest BCUT2D eigenvalue weighted by atomic mass is 9.77. The molecule has 3 aromatic rings. The number of carbonyl (C=O) groups is 1. The number of nitro groups is 1. The van der Waals surface area contributed by atoms with Crippen molar-refractivity contribution in [1.29, 1.82) is 0 Å². The molecule has 8 nitrogen and oxygen atoms in total. The second-order valence-corrected chi connectivity index (χ2v) is 10.3. The molecule has 2 saturated heterocycles. The zero-order valence-electron chi connectivity index (χ0n) is 20.5. The summed E-state index contributed by atoms with van der Waals surface area (Å²) in [6, 6.07) is 15.1. The molecule has 0 aromatic heterocycles. The van der Waals surface area contributed by atoms with Gasteiger partial charge in [-0.2, -0.15) is 0 Å². The monoisotopic (exact) mass is 537 g/mol. The minimum Gasteiger partial charge on any atom is -0.493 e. The quantitative estimate of drug-likeness (QED) is 0.346. The first-order valence-corrected chi connectivity index (χ1v) is 12.8. The highest BCUT2D eigenvalue weighted by Crippen LogP contribution is 2.58. The van der Waals surface area contributed by atoms with Crippen LogP contribution in [0.15, 0.2) is 60.7 Å². The molecule has 0 bridgehead atoms. The third-order valence-corrected chi connectivity index (χ3v) is 8.31. The fourth-order valence-corrected chi connectivity index (χ4v) is 6.86. The molecule has 3 aliphatic heterocycles. The van der Waals surface area contributed by atoms with E-state index in [0.717, 1.165) is 18.4 Å². The van der Waals surface area contributed by atoms with Crippen LogP contribution in [0, 0.1) is 15.9 Å². The van der Waals surface area contributed by atoms with E-state index in [1.807, 2.05) is 17.0 Å². The summed E-state index contributed by atoms with van der Waals surface area (Å²) in [6.45, 7) is 0.712. The van der Waals surface area contributed by atoms with Gasteiger partial charge >= 0.3 is 0 Å². The lowest BCUT2D eigenvalue weighted by Gasteiger charge is -2.32. The maximum Gasteiger partial charge on any atom is 0.256 e. The van der Waals surface area contributed by atoms with Gasteiger partial charge in [-0.3, -0.25) is 19.8 Å². The van der Waals surface area contributed by atoms with Crippen molar-refractivity contribution in [2.75, 3.05) is 19.0 Å². The van der Waals surface area contributed by atoms with Crippen LogP contribution in [-0.4, -0.2) is 41.5 Å². The Kier molecular flexibility index (Phi) is 6.00. The van der Waals surface area contributed by atoms with E-state index in [4.69, 9.17) is 21.1 Å². The predicted molar refractivity (Wildman–Crippen MR) is 139 cm³/mol. The molecule has 38 heavy (non-hydrogen) atoms. The zero-order valence-corrected chi connectivity index (χ0v) is 21.3. The number of hydrogen-bond donors (Lipinski definition) is 1. The number of ether oxygens (including phenoxy) is 2. The Morgan fingerprint density at radius 2 is 1.97 bits per heavy atom. The van der Waals surface area contributed by atoms with E-state index in [0.29, 0.717) is 34.9 Å². The third kappa shape index (κ3) is 3.56. The van der Waals surface area contributed by atoms with Gasteiger partial charge in [0.1, 0.15) is 12.4 Å². The van der Waals surface area contributed by atoms with Gasteiger partial charge in [0.25, 0.3) is 11.9 Å². The molecule has 0 saturated carbocycles. The Bertz CT molecular complexity index is 1430. The Morgan fingerprint density at radius 1 is 1.21 bits per heavy atom. The highest BCUT2D eigenvalue weighted by Gasteiger charge is 2.73. The van der Waals surface area contributed by atoms with E-state index in [2.05, 4.69) is 5.32 Å². The average molecular weight is 538 g/mol. The number of hydrogen-bond acceptors (Lipinski definition) is 6. The number of halogens is 2. The number of nitrogens with zero attached hydrogens (tertiary/aromatic N) is 2. The van der Waals surface area contributed by atoms with E-state index in [1.54, 1.807) is 36.4 Å². The lowest BCUT2D eigenvalue weighted by Crippen LogP contribution is -2.55. The zero-order chi connectivity index (χ0) is 26.6. The van der Waals surface area contributed by atoms with Crippen LogP contribution in [0.2, 0.25) is 5.02 Å². The highest BCUT2D eigenvalue weighted by molar-refractivity contribution is 6.32. The van der Waals surface area contributed by atoms with Crippen molar-refractivity contribution in [1.82, 2.24) is 4.90 Å². The number of nitrogens with one attached hydrogen (secondary N) is 1. The van der Waals surface area contributed by atoms with E-state index in [1.165, 1.54) is 19.2 Å². The standard InChI is InChI=1S/C28H25ClFN3O5/c1-37-23-14-17(13-20(29)25(23)38-15-16-8-10-18(30)11-9-16)24-22-7-4-12-32(22)28(26(24)33(35)36)19-5-2-3-6-21(19)31-27(28)34/h2-3,5-6,8-11,13-14,22,24,26H,4,7,12,15H2,1H3,(H,31,34)/t22-,24+,26+,28+/m0/s1. The number of benzene rings is 3. The van der Waals surface area contributed by atoms with Crippen LogP contribution in [0.25, 0.3) is 0 Å². The lowest BCUT2D eigenvalue weighted by molar-refractivity contribution is -0.534. The van der Waals surface area contributed by atoms with Crippen molar-refractivity contribution < 1.29 is 23.6 Å². The summed E-state index contributed by atoms with van der Waals surface area (Å²) >= 11 is 6.69. The number of rotatable bonds is 6. The number of anilines is 1. The normalized spacial score (nSPS) is 25.8. The van der Waals surface area contributed by atoms with E-state index in [-0.39, 0.29) is 34.3 Å². The van der Waals surface area contributed by atoms with Crippen molar-refractivity contribution in [3.63, 3.8) is 0 Å². The molecule has 0 aliphatic carbocycles. The van der Waals surface area contributed by atoms with Gasteiger partial charge in [-0.15, -0.1) is 0 Å². The van der Waals surface area contributed by atoms with E-state index in [9.17, 15) is 19.3 Å². The van der Waals surface area contributed by atoms with Gasteiger partial charge in [0.15, 0.2) is 17.0 Å². The molecule has 1 spiro atoms. The van der Waals surface area contributed by atoms with Gasteiger partial charge in [-0.1, -0.05) is 41.9 Å². The van der Waals surface area contributed by atoms with Crippen LogP contribution in [0.4, 0.5) is 10.1 Å². The third-order valence-electron chi connectivity index (χ3n) is 8.03. The van der Waals surface area contributed by atoms with Crippen LogP contribution in [0.5, 0.6) is 11.5 Å². The molecule has 196 valence electrons. The predicted octanol–water partition coefficient (Wildman–Crippen LogP) is 5.12. The van der Waals surface area contributed by atoms with Crippen LogP contribution < -0.4 is 14.8 Å². The first kappa shape index (κ1) is 24.6. The van der Waals surface area contributed by atoms with E-state index >= 15 is 0 Å². The summed E-state index contributed by atoms with van der Waals surface area (Å²) in [6.07, 6.45) is 1.54. The first-order chi connectivity index (χ1) is 18.4. The van der Waals surface area contributed by atoms with Gasteiger partial charge < -0.3 is 14.8 Å². The van der Waals surface area contributed by atoms with Gasteiger partial charge in [0, 0.05) is 28.8 Å². The number of fused-ring (bicyclic) bond motifs is 4. The number of para-hydroxylation sites is 1. The Hall–Kier alpha value is -3.69. The summed E-state index contributed by atoms with van der Waals surface area (Å²) in [5.41, 5.74) is 1.19. The number of methoxy groups -OCH3 is 1. The molecule has 6 rings (SSSR count). The molecule has 1 amide bonds. The molecular formula is C28H25ClFN3O5. The van der Waals surface area contributed by atoms with Crippen molar-refractivity contribution in [2.45, 2.75) is 43.0 Å². The van der Waals surface area contributed by atoms with Crippen LogP contribution >= 0.6 is 11.6 Å². The first-order valence-electron chi connectivity index (χ1n) is 12.4. The van der Waals surface area contributed by atoms with E-state index < -0.39 is 17.5 Å². The molecule has 0 unspecified atom stereocenters. The molecule has 3 heterocycles. The molecule has 4 atom stereocenters. The van der Waals surface area contributed by atoms with Crippen molar-refractivity contribution in [3.05, 3.63) is 98.3 Å². The second kappa shape index (κ2) is 9.25. The summed E-state index contributed by atoms with van der Waals surface area (Å²) in [5, 5.41) is 15.9. The molecule has 3 aliphatic rings. The Balaban J connectivity index is 1.42. The summed E-state index contributed by atoms with van der Waals surface area (Å²) in [4.78, 5) is 28.1. The maximum absolute atomic E-state index is 13.6. The number of amides is 1. The molecule has 2 fully saturated rings. The average Bonchev–Trinajstić information content (AvgIpc) is 3.57. The summed E-state index contributed by atoms with van der Waals surface area (Å²) < 4.78 is 24.8. The molecule has 0 radical (unpaired) electrons. The SMILES string of the molecule is COc1cc([C@@H]2[C@@H]3CCCN3[C@@]3(C(=O)Nc4ccccc43)[C@@H]2[N+](=O)[O-])cc(Cl)c1OCc1ccc(F)cc1. The van der Waals surface area contributed by atoms with Crippen LogP contribution in [0.1, 0.15) is 35.4 Å². The largest absolute Gasteiger partial charge is 0.493 e. The molecule has 1 N–H and O–H groups in total. The topological polar surface area (TPSA) is 93.9 Å². The summed E-state index contributed by atoms with van der Waals surface area (Å²) in [7, 11) is 1.48. The minimum absolute atomic E-state index is 0.132. The fourth-order valence-electron chi connectivity index (χ4n) is 6.58. The molecular weight excluding hydrogens is 513 g/mol. The van der Waals surface area contributed by atoms with Gasteiger partial charge in [-0.05, 0) is 54.3 Å². The molecule has 10 heteroatoms. The van der Waals surface area contributed by atoms with Crippen molar-refractivity contribution in [3.8, 4) is 11.5 Å². The van der Waals surface area contributed by atoms with Crippen molar-refractivity contribution in [2.24, 2.45) is 0 Å². The fraction of sp³-hybridized carbons (Fsp3) is 0.321. The maximum atomic E-state index is 13.6. The molecule has 3 aromatic carbocycles. The highest BCUT2D eigenvalue weighted by atomic mass is 35.5. The van der Waals surface area contributed by atoms with Gasteiger partial charge in [0.05, 0.1) is 18.1 Å². The Labute approximate surface area is 223 Å². The van der Waals surface area contributed by atoms with Crippen LogP contribution in [0.3, 0.4) is 0 Å². The number of carbonyl (C=O) groups excluding carboxylic acids is 1. The van der Waals surface area contributed by atoms with Crippen molar-refractivity contribution >= 4 is 23.2 Å².